The van der Waals surface area contributed by atoms with Crippen LogP contribution in [0.4, 0.5) is 0 Å². The van der Waals surface area contributed by atoms with Crippen LogP contribution in [0.15, 0.2) is 64.3 Å². The number of carbonyl (C=O) groups is 1. The summed E-state index contributed by atoms with van der Waals surface area (Å²) >= 11 is 3.41. The minimum absolute atomic E-state index is 0.293. The Kier molecular flexibility index (Phi) is 6.44. The third-order valence-electron chi connectivity index (χ3n) is 3.92. The molecule has 0 aliphatic heterocycles. The predicted molar refractivity (Wildman–Crippen MR) is 110 cm³/mol. The van der Waals surface area contributed by atoms with Crippen LogP contribution in [0.25, 0.3) is 0 Å². The number of carbonyl (C=O) groups excluding carboxylic acids is 1. The Morgan fingerprint density at radius 1 is 1.14 bits per heavy atom. The Bertz CT molecular complexity index is 983. The highest BCUT2D eigenvalue weighted by atomic mass is 79.9. The molecule has 0 unspecified atom stereocenters. The molecule has 0 fully saturated rings. The molecular formula is C20H19BrN4O3. The van der Waals surface area contributed by atoms with E-state index in [9.17, 15) is 4.79 Å². The van der Waals surface area contributed by atoms with Crippen molar-refractivity contribution in [2.24, 2.45) is 5.10 Å². The molecule has 3 aromatic rings. The van der Waals surface area contributed by atoms with E-state index in [0.29, 0.717) is 23.7 Å². The van der Waals surface area contributed by atoms with Gasteiger partial charge in [0.1, 0.15) is 0 Å². The predicted octanol–water partition coefficient (Wildman–Crippen LogP) is 3.48. The zero-order valence-electron chi connectivity index (χ0n) is 15.4. The fraction of sp³-hybridized carbons (Fsp3) is 0.150. The van der Waals surface area contributed by atoms with Gasteiger partial charge < -0.3 is 9.47 Å². The van der Waals surface area contributed by atoms with Gasteiger partial charge in [-0.25, -0.2) is 5.43 Å². The van der Waals surface area contributed by atoms with E-state index in [2.05, 4.69) is 31.6 Å². The quantitative estimate of drug-likeness (QED) is 0.448. The fourth-order valence-electron chi connectivity index (χ4n) is 2.50. The van der Waals surface area contributed by atoms with Gasteiger partial charge in [0.25, 0.3) is 5.91 Å². The van der Waals surface area contributed by atoms with E-state index in [-0.39, 0.29) is 5.91 Å². The summed E-state index contributed by atoms with van der Waals surface area (Å²) in [7, 11) is 3.13. The molecule has 0 bridgehead atoms. The van der Waals surface area contributed by atoms with Crippen LogP contribution in [0.1, 0.15) is 21.6 Å². The topological polar surface area (TPSA) is 77.7 Å². The summed E-state index contributed by atoms with van der Waals surface area (Å²) in [5.74, 6) is 0.829. The fourth-order valence-corrected chi connectivity index (χ4v) is 2.77. The van der Waals surface area contributed by atoms with Crippen LogP contribution in [0.3, 0.4) is 0 Å². The molecular weight excluding hydrogens is 424 g/mol. The first-order valence-corrected chi connectivity index (χ1v) is 9.21. The van der Waals surface area contributed by atoms with Crippen LogP contribution in [0, 0.1) is 0 Å². The molecule has 1 N–H and O–H groups in total. The van der Waals surface area contributed by atoms with E-state index < -0.39 is 0 Å². The van der Waals surface area contributed by atoms with Gasteiger partial charge in [-0.2, -0.15) is 10.2 Å². The van der Waals surface area contributed by atoms with Crippen LogP contribution in [0.5, 0.6) is 11.5 Å². The first-order valence-electron chi connectivity index (χ1n) is 8.42. The molecule has 0 saturated carbocycles. The second kappa shape index (κ2) is 9.18. The molecule has 1 aromatic heterocycles. The first-order chi connectivity index (χ1) is 13.6. The number of rotatable bonds is 7. The second-order valence-corrected chi connectivity index (χ2v) is 6.75. The van der Waals surface area contributed by atoms with E-state index in [1.165, 1.54) is 6.21 Å². The zero-order valence-corrected chi connectivity index (χ0v) is 17.0. The Balaban J connectivity index is 1.60. The number of ether oxygens (including phenoxy) is 2. The van der Waals surface area contributed by atoms with Gasteiger partial charge in [-0.1, -0.05) is 28.1 Å². The number of hydrazone groups is 1. The van der Waals surface area contributed by atoms with Crippen LogP contribution < -0.4 is 14.9 Å². The Morgan fingerprint density at radius 3 is 2.61 bits per heavy atom. The molecule has 0 spiro atoms. The lowest BCUT2D eigenvalue weighted by molar-refractivity contribution is 0.0949. The molecule has 1 heterocycles. The lowest BCUT2D eigenvalue weighted by Gasteiger charge is -2.07. The number of amides is 1. The molecule has 1 amide bonds. The van der Waals surface area contributed by atoms with E-state index in [4.69, 9.17) is 9.47 Å². The number of methoxy groups -OCH3 is 2. The SMILES string of the molecule is COc1ccc(/C=N\NC(=O)c2ccn(Cc3ccc(Br)cc3)n2)cc1OC. The molecule has 3 rings (SSSR count). The van der Waals surface area contributed by atoms with Gasteiger partial charge in [0.15, 0.2) is 17.2 Å². The van der Waals surface area contributed by atoms with Crippen LogP contribution in [-0.4, -0.2) is 36.1 Å². The molecule has 0 saturated heterocycles. The van der Waals surface area contributed by atoms with Gasteiger partial charge in [0, 0.05) is 10.7 Å². The van der Waals surface area contributed by atoms with Crippen molar-refractivity contribution < 1.29 is 14.3 Å². The standard InChI is InChI=1S/C20H19BrN4O3/c1-27-18-8-5-15(11-19(18)28-2)12-22-23-20(26)17-9-10-25(24-17)13-14-3-6-16(21)7-4-14/h3-12H,13H2,1-2H3,(H,23,26)/b22-12-. The highest BCUT2D eigenvalue weighted by Gasteiger charge is 2.09. The monoisotopic (exact) mass is 442 g/mol. The van der Waals surface area contributed by atoms with Crippen molar-refractivity contribution in [3.8, 4) is 11.5 Å². The highest BCUT2D eigenvalue weighted by Crippen LogP contribution is 2.26. The average Bonchev–Trinajstić information content (AvgIpc) is 3.18. The van der Waals surface area contributed by atoms with Crippen molar-refractivity contribution in [3.63, 3.8) is 0 Å². The summed E-state index contributed by atoms with van der Waals surface area (Å²) in [6, 6.07) is 14.9. The highest BCUT2D eigenvalue weighted by molar-refractivity contribution is 9.10. The summed E-state index contributed by atoms with van der Waals surface area (Å²) in [5.41, 5.74) is 4.62. The minimum atomic E-state index is -0.383. The van der Waals surface area contributed by atoms with E-state index in [1.807, 2.05) is 30.3 Å². The van der Waals surface area contributed by atoms with E-state index >= 15 is 0 Å². The third kappa shape index (κ3) is 4.98. The van der Waals surface area contributed by atoms with Crippen LogP contribution in [-0.2, 0) is 6.54 Å². The maximum Gasteiger partial charge on any atom is 0.291 e. The number of hydrogen-bond donors (Lipinski definition) is 1. The first kappa shape index (κ1) is 19.6. The molecule has 8 heteroatoms. The van der Waals surface area contributed by atoms with Gasteiger partial charge >= 0.3 is 0 Å². The van der Waals surface area contributed by atoms with Crippen LogP contribution >= 0.6 is 15.9 Å². The molecule has 0 radical (unpaired) electrons. The molecule has 144 valence electrons. The Morgan fingerprint density at radius 2 is 1.89 bits per heavy atom. The number of nitrogens with one attached hydrogen (secondary N) is 1. The number of halogens is 1. The number of hydrogen-bond acceptors (Lipinski definition) is 5. The molecule has 0 aliphatic carbocycles. The van der Waals surface area contributed by atoms with Gasteiger partial charge in [-0.15, -0.1) is 0 Å². The smallest absolute Gasteiger partial charge is 0.291 e. The van der Waals surface area contributed by atoms with Crippen molar-refractivity contribution in [1.29, 1.82) is 0 Å². The average molecular weight is 443 g/mol. The largest absolute Gasteiger partial charge is 0.493 e. The van der Waals surface area contributed by atoms with Gasteiger partial charge in [0.05, 0.1) is 27.0 Å². The van der Waals surface area contributed by atoms with Gasteiger partial charge in [0.2, 0.25) is 0 Å². The minimum Gasteiger partial charge on any atom is -0.493 e. The van der Waals surface area contributed by atoms with Crippen molar-refractivity contribution in [2.75, 3.05) is 14.2 Å². The number of aromatic nitrogens is 2. The zero-order chi connectivity index (χ0) is 19.9. The second-order valence-electron chi connectivity index (χ2n) is 5.84. The molecule has 0 aliphatic rings. The van der Waals surface area contributed by atoms with Crippen molar-refractivity contribution in [3.05, 3.63) is 76.0 Å². The maximum absolute atomic E-state index is 12.2. The summed E-state index contributed by atoms with van der Waals surface area (Å²) in [6.07, 6.45) is 3.29. The Hall–Kier alpha value is -3.13. The van der Waals surface area contributed by atoms with Crippen molar-refractivity contribution in [2.45, 2.75) is 6.54 Å². The Labute approximate surface area is 171 Å². The van der Waals surface area contributed by atoms with E-state index in [1.54, 1.807) is 43.3 Å². The van der Waals surface area contributed by atoms with Crippen LogP contribution in [0.2, 0.25) is 0 Å². The molecule has 28 heavy (non-hydrogen) atoms. The van der Waals surface area contributed by atoms with Crippen molar-refractivity contribution >= 4 is 28.1 Å². The molecule has 0 atom stereocenters. The normalized spacial score (nSPS) is 10.8. The number of nitrogens with zero attached hydrogens (tertiary/aromatic N) is 3. The lowest BCUT2D eigenvalue weighted by atomic mass is 10.2. The van der Waals surface area contributed by atoms with Gasteiger partial charge in [-0.3, -0.25) is 9.48 Å². The third-order valence-corrected chi connectivity index (χ3v) is 4.45. The molecule has 7 nitrogen and oxygen atoms in total. The number of benzene rings is 2. The summed E-state index contributed by atoms with van der Waals surface area (Å²) in [6.45, 7) is 0.579. The molecule has 2 aromatic carbocycles. The lowest BCUT2D eigenvalue weighted by Crippen LogP contribution is -2.18. The summed E-state index contributed by atoms with van der Waals surface area (Å²) in [4.78, 5) is 12.2. The van der Waals surface area contributed by atoms with Crippen molar-refractivity contribution in [1.82, 2.24) is 15.2 Å². The van der Waals surface area contributed by atoms with Gasteiger partial charge in [-0.05, 0) is 47.5 Å². The summed E-state index contributed by atoms with van der Waals surface area (Å²) < 4.78 is 13.2. The summed E-state index contributed by atoms with van der Waals surface area (Å²) in [5, 5.41) is 8.26. The maximum atomic E-state index is 12.2. The van der Waals surface area contributed by atoms with E-state index in [0.717, 1.165) is 15.6 Å².